The van der Waals surface area contributed by atoms with Crippen LogP contribution in [-0.4, -0.2) is 18.9 Å². The third-order valence-electron chi connectivity index (χ3n) is 6.74. The van der Waals surface area contributed by atoms with Gasteiger partial charge in [0.25, 0.3) is 0 Å². The number of allylic oxidation sites excluding steroid dienone is 3. The van der Waals surface area contributed by atoms with Gasteiger partial charge in [0.1, 0.15) is 18.2 Å². The van der Waals surface area contributed by atoms with Crippen molar-refractivity contribution < 1.29 is 23.5 Å². The summed E-state index contributed by atoms with van der Waals surface area (Å²) in [4.78, 5) is 28.1. The zero-order valence-corrected chi connectivity index (χ0v) is 20.9. The molecular weight excluding hydrogens is 477 g/mol. The first-order valence-electron chi connectivity index (χ1n) is 11.8. The van der Waals surface area contributed by atoms with Crippen molar-refractivity contribution in [1.29, 1.82) is 0 Å². The minimum absolute atomic E-state index is 0.0455. The van der Waals surface area contributed by atoms with E-state index in [1.165, 1.54) is 6.07 Å². The fraction of sp³-hybridized carbons (Fsp3) is 0.241. The van der Waals surface area contributed by atoms with E-state index >= 15 is 4.39 Å². The molecule has 1 aliphatic carbocycles. The number of methoxy groups -OCH3 is 1. The lowest BCUT2D eigenvalue weighted by molar-refractivity contribution is -0.140. The Morgan fingerprint density at radius 2 is 1.86 bits per heavy atom. The molecular formula is C29H26FNO4S. The summed E-state index contributed by atoms with van der Waals surface area (Å²) in [6.07, 6.45) is 0.942. The number of ether oxygens (including phenoxy) is 2. The van der Waals surface area contributed by atoms with Crippen LogP contribution in [0, 0.1) is 5.82 Å². The van der Waals surface area contributed by atoms with Crippen molar-refractivity contribution in [1.82, 2.24) is 5.32 Å². The standard InChI is InChI=1S/C29H26FNO4S/c1-17-26(29(33)35-16-18-9-11-20(34-2)12-10-18)27(21-6-3-4-7-22(21)30)28-23(31-17)14-19(15-24(28)32)25-8-5-13-36-25/h3-13,19,27,31H,14-16H2,1-2H3/t19-,27-/m1/s1. The molecule has 0 saturated carbocycles. The average Bonchev–Trinajstić information content (AvgIpc) is 3.42. The number of esters is 1. The minimum atomic E-state index is -0.831. The van der Waals surface area contributed by atoms with Gasteiger partial charge in [-0.15, -0.1) is 11.3 Å². The van der Waals surface area contributed by atoms with Crippen molar-refractivity contribution in [3.05, 3.63) is 110 Å². The van der Waals surface area contributed by atoms with Gasteiger partial charge in [-0.25, -0.2) is 9.18 Å². The number of thiophene rings is 1. The average molecular weight is 504 g/mol. The molecule has 1 aromatic heterocycles. The summed E-state index contributed by atoms with van der Waals surface area (Å²) >= 11 is 1.63. The number of carbonyl (C=O) groups excluding carboxylic acids is 2. The predicted octanol–water partition coefficient (Wildman–Crippen LogP) is 6.00. The summed E-state index contributed by atoms with van der Waals surface area (Å²) < 4.78 is 25.9. The van der Waals surface area contributed by atoms with Gasteiger partial charge < -0.3 is 14.8 Å². The molecule has 1 N–H and O–H groups in total. The fourth-order valence-electron chi connectivity index (χ4n) is 5.00. The van der Waals surface area contributed by atoms with Crippen LogP contribution in [0.4, 0.5) is 4.39 Å². The van der Waals surface area contributed by atoms with E-state index in [2.05, 4.69) is 5.32 Å². The molecule has 2 heterocycles. The van der Waals surface area contributed by atoms with Crippen LogP contribution >= 0.6 is 11.3 Å². The van der Waals surface area contributed by atoms with Gasteiger partial charge in [-0.1, -0.05) is 36.4 Å². The van der Waals surface area contributed by atoms with Gasteiger partial charge in [0.05, 0.1) is 18.6 Å². The van der Waals surface area contributed by atoms with Gasteiger partial charge in [-0.2, -0.15) is 0 Å². The van der Waals surface area contributed by atoms with Gasteiger partial charge in [-0.3, -0.25) is 4.79 Å². The summed E-state index contributed by atoms with van der Waals surface area (Å²) in [5.41, 5.74) is 3.12. The van der Waals surface area contributed by atoms with Crippen molar-refractivity contribution in [3.63, 3.8) is 0 Å². The molecule has 184 valence electrons. The van der Waals surface area contributed by atoms with Crippen LogP contribution in [-0.2, 0) is 20.9 Å². The molecule has 0 fully saturated rings. The van der Waals surface area contributed by atoms with Crippen molar-refractivity contribution in [2.45, 2.75) is 38.2 Å². The minimum Gasteiger partial charge on any atom is -0.497 e. The summed E-state index contributed by atoms with van der Waals surface area (Å²) in [5.74, 6) is -1.19. The first kappa shape index (κ1) is 24.0. The molecule has 5 rings (SSSR count). The van der Waals surface area contributed by atoms with E-state index in [-0.39, 0.29) is 23.9 Å². The second-order valence-corrected chi connectivity index (χ2v) is 9.96. The number of hydrogen-bond acceptors (Lipinski definition) is 6. The number of benzene rings is 2. The molecule has 3 aromatic rings. The van der Waals surface area contributed by atoms with E-state index in [1.807, 2.05) is 29.6 Å². The molecule has 0 saturated heterocycles. The number of dihydropyridines is 1. The van der Waals surface area contributed by atoms with E-state index in [0.717, 1.165) is 16.1 Å². The summed E-state index contributed by atoms with van der Waals surface area (Å²) in [7, 11) is 1.58. The molecule has 0 amide bonds. The lowest BCUT2D eigenvalue weighted by Gasteiger charge is -2.36. The molecule has 2 atom stereocenters. The predicted molar refractivity (Wildman–Crippen MR) is 136 cm³/mol. The number of carbonyl (C=O) groups is 2. The first-order valence-corrected chi connectivity index (χ1v) is 12.7. The van der Waals surface area contributed by atoms with Gasteiger partial charge in [0.15, 0.2) is 5.78 Å². The highest BCUT2D eigenvalue weighted by Gasteiger charge is 2.42. The second-order valence-electron chi connectivity index (χ2n) is 8.98. The lowest BCUT2D eigenvalue weighted by Crippen LogP contribution is -2.36. The van der Waals surface area contributed by atoms with Gasteiger partial charge >= 0.3 is 5.97 Å². The van der Waals surface area contributed by atoms with Crippen molar-refractivity contribution in [3.8, 4) is 5.75 Å². The van der Waals surface area contributed by atoms with Crippen LogP contribution in [0.3, 0.4) is 0 Å². The summed E-state index contributed by atoms with van der Waals surface area (Å²) in [6, 6.07) is 17.5. The van der Waals surface area contributed by atoms with E-state index < -0.39 is 17.7 Å². The topological polar surface area (TPSA) is 64.6 Å². The highest BCUT2D eigenvalue weighted by atomic mass is 32.1. The van der Waals surface area contributed by atoms with Gasteiger partial charge in [0, 0.05) is 39.7 Å². The lowest BCUT2D eigenvalue weighted by atomic mass is 9.72. The molecule has 36 heavy (non-hydrogen) atoms. The Morgan fingerprint density at radius 3 is 2.56 bits per heavy atom. The Balaban J connectivity index is 1.49. The van der Waals surface area contributed by atoms with E-state index in [9.17, 15) is 9.59 Å². The maximum Gasteiger partial charge on any atom is 0.337 e. The Bertz CT molecular complexity index is 1360. The SMILES string of the molecule is COc1ccc(COC(=O)C2=C(C)NC3=C(C(=O)C[C@H](c4cccs4)C3)[C@@H]2c2ccccc2F)cc1. The normalized spacial score (nSPS) is 19.6. The number of Topliss-reactive ketones (excluding diaryl/α,β-unsaturated/α-hetero) is 1. The van der Waals surface area contributed by atoms with Gasteiger partial charge in [0.2, 0.25) is 0 Å². The van der Waals surface area contributed by atoms with Crippen LogP contribution < -0.4 is 10.1 Å². The second kappa shape index (κ2) is 10.1. The number of nitrogens with one attached hydrogen (secondary N) is 1. The Labute approximate surface area is 213 Å². The Hall–Kier alpha value is -3.71. The van der Waals surface area contributed by atoms with Crippen molar-refractivity contribution in [2.75, 3.05) is 7.11 Å². The smallest absolute Gasteiger partial charge is 0.337 e. The highest BCUT2D eigenvalue weighted by Crippen LogP contribution is 2.46. The van der Waals surface area contributed by atoms with Crippen LogP contribution in [0.5, 0.6) is 5.75 Å². The van der Waals surface area contributed by atoms with E-state index in [4.69, 9.17) is 9.47 Å². The molecule has 7 heteroatoms. The van der Waals surface area contributed by atoms with Crippen LogP contribution in [0.2, 0.25) is 0 Å². The molecule has 1 aliphatic heterocycles. The zero-order valence-electron chi connectivity index (χ0n) is 20.0. The zero-order chi connectivity index (χ0) is 25.2. The van der Waals surface area contributed by atoms with Crippen molar-refractivity contribution >= 4 is 23.1 Å². The molecule has 0 radical (unpaired) electrons. The number of rotatable bonds is 6. The number of hydrogen-bond donors (Lipinski definition) is 1. The molecule has 2 aromatic carbocycles. The summed E-state index contributed by atoms with van der Waals surface area (Å²) in [6.45, 7) is 1.82. The van der Waals surface area contributed by atoms with Crippen molar-refractivity contribution in [2.24, 2.45) is 0 Å². The number of halogens is 1. The monoisotopic (exact) mass is 503 g/mol. The molecule has 0 unspecified atom stereocenters. The molecule has 0 bridgehead atoms. The Morgan fingerprint density at radius 1 is 1.08 bits per heavy atom. The maximum absolute atomic E-state index is 15.1. The summed E-state index contributed by atoms with van der Waals surface area (Å²) in [5, 5.41) is 5.31. The molecule has 2 aliphatic rings. The Kier molecular flexibility index (Phi) is 6.74. The van der Waals surface area contributed by atoms with E-state index in [0.29, 0.717) is 35.4 Å². The fourth-order valence-corrected chi connectivity index (χ4v) is 5.83. The highest BCUT2D eigenvalue weighted by molar-refractivity contribution is 7.10. The third-order valence-corrected chi connectivity index (χ3v) is 7.77. The van der Waals surface area contributed by atoms with E-state index in [1.54, 1.807) is 55.7 Å². The van der Waals surface area contributed by atoms with Crippen LogP contribution in [0.25, 0.3) is 0 Å². The molecule has 5 nitrogen and oxygen atoms in total. The van der Waals surface area contributed by atoms with Gasteiger partial charge in [-0.05, 0) is 48.6 Å². The van der Waals surface area contributed by atoms with Crippen LogP contribution in [0.15, 0.2) is 88.6 Å². The van der Waals surface area contributed by atoms with Crippen LogP contribution in [0.1, 0.15) is 47.6 Å². The maximum atomic E-state index is 15.1. The quantitative estimate of drug-likeness (QED) is 0.418. The third kappa shape index (κ3) is 4.58. The number of ketones is 1. The largest absolute Gasteiger partial charge is 0.497 e. The molecule has 0 spiro atoms. The first-order chi connectivity index (χ1) is 17.5.